The smallest absolute Gasteiger partial charge is 0.252 e. The minimum Gasteiger partial charge on any atom is -0.497 e. The number of amides is 1. The molecule has 1 aliphatic heterocycles. The molecule has 0 saturated carbocycles. The lowest BCUT2D eigenvalue weighted by Crippen LogP contribution is -2.46. The van der Waals surface area contributed by atoms with Crippen molar-refractivity contribution in [3.05, 3.63) is 41.7 Å². The van der Waals surface area contributed by atoms with Gasteiger partial charge in [0, 0.05) is 0 Å². The van der Waals surface area contributed by atoms with E-state index in [9.17, 15) is 4.79 Å². The zero-order valence-corrected chi connectivity index (χ0v) is 15.2. The first-order valence-electron chi connectivity index (χ1n) is 7.86. The van der Waals surface area contributed by atoms with Gasteiger partial charge in [-0.2, -0.15) is 0 Å². The SMILES string of the molecule is COc1ccc(OCc2nnc3n2N(CC=C(C)C)C(=O)CS3)cc1. The second-order valence-electron chi connectivity index (χ2n) is 5.72. The van der Waals surface area contributed by atoms with Gasteiger partial charge in [0.15, 0.2) is 5.82 Å². The van der Waals surface area contributed by atoms with Crippen LogP contribution in [0.1, 0.15) is 19.7 Å². The Balaban J connectivity index is 1.77. The number of carbonyl (C=O) groups is 1. The molecule has 1 amide bonds. The molecule has 2 aromatic rings. The van der Waals surface area contributed by atoms with Crippen LogP contribution in [0.4, 0.5) is 0 Å². The van der Waals surface area contributed by atoms with Crippen molar-refractivity contribution in [3.63, 3.8) is 0 Å². The Morgan fingerprint density at radius 1 is 1.24 bits per heavy atom. The topological polar surface area (TPSA) is 69.5 Å². The van der Waals surface area contributed by atoms with Crippen LogP contribution in [-0.2, 0) is 11.4 Å². The molecule has 0 fully saturated rings. The van der Waals surface area contributed by atoms with Gasteiger partial charge in [-0.05, 0) is 38.1 Å². The number of benzene rings is 1. The van der Waals surface area contributed by atoms with Crippen LogP contribution in [0.25, 0.3) is 0 Å². The molecule has 0 atom stereocenters. The van der Waals surface area contributed by atoms with E-state index in [-0.39, 0.29) is 12.5 Å². The summed E-state index contributed by atoms with van der Waals surface area (Å²) in [6.07, 6.45) is 2.01. The Kier molecular flexibility index (Phi) is 5.28. The van der Waals surface area contributed by atoms with Crippen LogP contribution in [0.3, 0.4) is 0 Å². The number of methoxy groups -OCH3 is 1. The molecule has 1 aromatic heterocycles. The molecule has 2 heterocycles. The number of nitrogens with zero attached hydrogens (tertiary/aromatic N) is 4. The van der Waals surface area contributed by atoms with Crippen LogP contribution < -0.4 is 14.5 Å². The summed E-state index contributed by atoms with van der Waals surface area (Å²) >= 11 is 1.39. The van der Waals surface area contributed by atoms with Gasteiger partial charge in [-0.1, -0.05) is 23.4 Å². The van der Waals surface area contributed by atoms with Gasteiger partial charge in [-0.15, -0.1) is 10.2 Å². The average molecular weight is 360 g/mol. The lowest BCUT2D eigenvalue weighted by Gasteiger charge is -2.28. The number of allylic oxidation sites excluding steroid dienone is 1. The van der Waals surface area contributed by atoms with Crippen molar-refractivity contribution in [2.24, 2.45) is 0 Å². The van der Waals surface area contributed by atoms with Gasteiger partial charge in [-0.3, -0.25) is 4.79 Å². The summed E-state index contributed by atoms with van der Waals surface area (Å²) in [5, 5.41) is 10.7. The highest BCUT2D eigenvalue weighted by Gasteiger charge is 2.28. The molecule has 1 aromatic carbocycles. The highest BCUT2D eigenvalue weighted by atomic mass is 32.2. The molecule has 132 valence electrons. The van der Waals surface area contributed by atoms with E-state index in [1.54, 1.807) is 16.8 Å². The van der Waals surface area contributed by atoms with Crippen molar-refractivity contribution in [1.29, 1.82) is 0 Å². The molecule has 25 heavy (non-hydrogen) atoms. The van der Waals surface area contributed by atoms with E-state index >= 15 is 0 Å². The van der Waals surface area contributed by atoms with Crippen LogP contribution in [0, 0.1) is 0 Å². The summed E-state index contributed by atoms with van der Waals surface area (Å²) < 4.78 is 12.7. The van der Waals surface area contributed by atoms with E-state index in [0.29, 0.717) is 29.0 Å². The number of hydrogen-bond donors (Lipinski definition) is 0. The number of aromatic nitrogens is 3. The fourth-order valence-electron chi connectivity index (χ4n) is 2.30. The fraction of sp³-hybridized carbons (Fsp3) is 0.353. The molecule has 0 radical (unpaired) electrons. The van der Waals surface area contributed by atoms with Gasteiger partial charge in [-0.25, -0.2) is 9.69 Å². The predicted molar refractivity (Wildman–Crippen MR) is 95.6 cm³/mol. The zero-order valence-electron chi connectivity index (χ0n) is 14.4. The Morgan fingerprint density at radius 2 is 1.96 bits per heavy atom. The summed E-state index contributed by atoms with van der Waals surface area (Å²) in [5.41, 5.74) is 1.15. The molecule has 0 spiro atoms. The number of ether oxygens (including phenoxy) is 2. The van der Waals surface area contributed by atoms with Crippen LogP contribution in [-0.4, -0.2) is 40.2 Å². The maximum atomic E-state index is 12.3. The van der Waals surface area contributed by atoms with Gasteiger partial charge in [0.05, 0.1) is 19.4 Å². The first-order chi connectivity index (χ1) is 12.1. The molecule has 0 aliphatic carbocycles. The molecule has 8 heteroatoms. The van der Waals surface area contributed by atoms with Gasteiger partial charge in [0.25, 0.3) is 5.91 Å². The van der Waals surface area contributed by atoms with Crippen molar-refractivity contribution in [2.45, 2.75) is 25.6 Å². The van der Waals surface area contributed by atoms with E-state index in [4.69, 9.17) is 9.47 Å². The lowest BCUT2D eigenvalue weighted by atomic mass is 10.3. The molecule has 0 unspecified atom stereocenters. The van der Waals surface area contributed by atoms with Crippen molar-refractivity contribution in [2.75, 3.05) is 24.4 Å². The molecule has 3 rings (SSSR count). The Labute approximate surface area is 150 Å². The van der Waals surface area contributed by atoms with Crippen molar-refractivity contribution in [1.82, 2.24) is 14.9 Å². The van der Waals surface area contributed by atoms with E-state index in [1.807, 2.05) is 44.2 Å². The van der Waals surface area contributed by atoms with E-state index in [2.05, 4.69) is 10.2 Å². The normalized spacial score (nSPS) is 13.4. The third kappa shape index (κ3) is 3.96. The Hall–Kier alpha value is -2.48. The van der Waals surface area contributed by atoms with Crippen molar-refractivity contribution in [3.8, 4) is 11.5 Å². The average Bonchev–Trinajstić information content (AvgIpc) is 3.02. The summed E-state index contributed by atoms with van der Waals surface area (Å²) in [4.78, 5) is 12.3. The van der Waals surface area contributed by atoms with Gasteiger partial charge in [0.1, 0.15) is 18.1 Å². The van der Waals surface area contributed by atoms with Crippen LogP contribution in [0.15, 0.2) is 41.1 Å². The summed E-state index contributed by atoms with van der Waals surface area (Å²) in [6, 6.07) is 7.31. The number of thioether (sulfide) groups is 1. The number of hydrogen-bond acceptors (Lipinski definition) is 6. The molecular formula is C17H20N4O3S. The third-order valence-electron chi connectivity index (χ3n) is 3.63. The Morgan fingerprint density at radius 3 is 2.64 bits per heavy atom. The fourth-order valence-corrected chi connectivity index (χ4v) is 3.13. The minimum absolute atomic E-state index is 0.0282. The third-order valence-corrected chi connectivity index (χ3v) is 4.53. The molecule has 0 N–H and O–H groups in total. The molecular weight excluding hydrogens is 340 g/mol. The van der Waals surface area contributed by atoms with Crippen molar-refractivity contribution >= 4 is 17.7 Å². The van der Waals surface area contributed by atoms with Crippen LogP contribution >= 0.6 is 11.8 Å². The number of carbonyl (C=O) groups excluding carboxylic acids is 1. The number of fused-ring (bicyclic) bond motifs is 1. The standard InChI is InChI=1S/C17H20N4O3S/c1-12(2)8-9-20-16(22)11-25-17-19-18-15(21(17)20)10-24-14-6-4-13(23-3)5-7-14/h4-8H,9-11H2,1-3H3. The van der Waals surface area contributed by atoms with E-state index in [1.165, 1.54) is 11.8 Å². The largest absolute Gasteiger partial charge is 0.497 e. The van der Waals surface area contributed by atoms with Gasteiger partial charge < -0.3 is 9.47 Å². The zero-order chi connectivity index (χ0) is 17.8. The van der Waals surface area contributed by atoms with E-state index < -0.39 is 0 Å². The first kappa shape index (κ1) is 17.3. The highest BCUT2D eigenvalue weighted by molar-refractivity contribution is 7.99. The van der Waals surface area contributed by atoms with Crippen LogP contribution in [0.2, 0.25) is 0 Å². The summed E-state index contributed by atoms with van der Waals surface area (Å²) in [5.74, 6) is 2.45. The quantitative estimate of drug-likeness (QED) is 0.737. The maximum Gasteiger partial charge on any atom is 0.252 e. The van der Waals surface area contributed by atoms with E-state index in [0.717, 1.165) is 11.3 Å². The molecule has 7 nitrogen and oxygen atoms in total. The number of rotatable bonds is 6. The summed E-state index contributed by atoms with van der Waals surface area (Å²) in [6.45, 7) is 4.72. The lowest BCUT2D eigenvalue weighted by molar-refractivity contribution is -0.117. The van der Waals surface area contributed by atoms with Crippen molar-refractivity contribution < 1.29 is 14.3 Å². The maximum absolute atomic E-state index is 12.3. The second kappa shape index (κ2) is 7.60. The second-order valence-corrected chi connectivity index (χ2v) is 6.66. The first-order valence-corrected chi connectivity index (χ1v) is 8.85. The van der Waals surface area contributed by atoms with Crippen LogP contribution in [0.5, 0.6) is 11.5 Å². The predicted octanol–water partition coefficient (Wildman–Crippen LogP) is 2.40. The molecule has 1 aliphatic rings. The summed E-state index contributed by atoms with van der Waals surface area (Å²) in [7, 11) is 1.62. The van der Waals surface area contributed by atoms with Gasteiger partial charge in [0.2, 0.25) is 5.16 Å². The monoisotopic (exact) mass is 360 g/mol. The molecule has 0 bridgehead atoms. The van der Waals surface area contributed by atoms with Gasteiger partial charge >= 0.3 is 0 Å². The Bertz CT molecular complexity index is 782. The highest BCUT2D eigenvalue weighted by Crippen LogP contribution is 2.24. The molecule has 0 saturated heterocycles. The minimum atomic E-state index is 0.0282.